The molecule has 1 aromatic carbocycles. The smallest absolute Gasteiger partial charge is 0.251 e. The Hall–Kier alpha value is -3.04. The third-order valence-corrected chi connectivity index (χ3v) is 6.77. The Balaban J connectivity index is 1.34. The number of amides is 1. The summed E-state index contributed by atoms with van der Waals surface area (Å²) < 4.78 is 7.79. The summed E-state index contributed by atoms with van der Waals surface area (Å²) in [5, 5.41) is 17.5. The van der Waals surface area contributed by atoms with Crippen LogP contribution in [0.1, 0.15) is 61.7 Å². The fourth-order valence-electron chi connectivity index (χ4n) is 4.81. The van der Waals surface area contributed by atoms with E-state index in [1.165, 1.54) is 24.7 Å². The van der Waals surface area contributed by atoms with Crippen molar-refractivity contribution in [1.29, 1.82) is 0 Å². The number of benzene rings is 1. The maximum absolute atomic E-state index is 12.8. The van der Waals surface area contributed by atoms with Gasteiger partial charge in [-0.15, -0.1) is 0 Å². The molecule has 4 atom stereocenters. The number of hydrogen-bond donors (Lipinski definition) is 3. The van der Waals surface area contributed by atoms with Crippen LogP contribution < -0.4 is 10.6 Å². The van der Waals surface area contributed by atoms with E-state index in [1.807, 2.05) is 19.1 Å². The number of nitrogens with zero attached hydrogens (tertiary/aromatic N) is 4. The van der Waals surface area contributed by atoms with Crippen LogP contribution in [-0.4, -0.2) is 54.8 Å². The summed E-state index contributed by atoms with van der Waals surface area (Å²) in [7, 11) is 0. The number of nitrogens with one attached hydrogen (secondary N) is 2. The minimum Gasteiger partial charge on any atom is -0.386 e. The molecule has 5 rings (SSSR count). The van der Waals surface area contributed by atoms with E-state index in [4.69, 9.17) is 4.74 Å². The van der Waals surface area contributed by atoms with E-state index in [1.54, 1.807) is 23.0 Å². The zero-order chi connectivity index (χ0) is 22.9. The first-order valence-electron chi connectivity index (χ1n) is 11.7. The van der Waals surface area contributed by atoms with Gasteiger partial charge in [0.05, 0.1) is 18.5 Å². The summed E-state index contributed by atoms with van der Waals surface area (Å²) in [6.07, 6.45) is 6.65. The number of carbonyl (C=O) groups is 1. The predicted molar refractivity (Wildman–Crippen MR) is 124 cm³/mol. The maximum atomic E-state index is 12.8. The van der Waals surface area contributed by atoms with Gasteiger partial charge >= 0.3 is 0 Å². The molecule has 1 amide bonds. The van der Waals surface area contributed by atoms with Crippen molar-refractivity contribution in [3.8, 4) is 0 Å². The third kappa shape index (κ3) is 4.18. The molecular formula is C24H30N6O3. The lowest BCUT2D eigenvalue weighted by molar-refractivity contribution is -0.0297. The van der Waals surface area contributed by atoms with Crippen LogP contribution in [0, 0.1) is 0 Å². The molecule has 174 valence electrons. The van der Waals surface area contributed by atoms with E-state index in [9.17, 15) is 9.90 Å². The van der Waals surface area contributed by atoms with Crippen molar-refractivity contribution in [3.05, 3.63) is 48.0 Å². The maximum Gasteiger partial charge on any atom is 0.251 e. The van der Waals surface area contributed by atoms with Gasteiger partial charge in [0.1, 0.15) is 12.4 Å². The Bertz CT molecular complexity index is 1120. The topological polar surface area (TPSA) is 114 Å². The fraction of sp³-hybridized carbons (Fsp3) is 0.500. The van der Waals surface area contributed by atoms with Crippen molar-refractivity contribution >= 4 is 22.9 Å². The first kappa shape index (κ1) is 21.8. The van der Waals surface area contributed by atoms with Crippen molar-refractivity contribution in [2.75, 3.05) is 5.32 Å². The molecule has 1 saturated carbocycles. The summed E-state index contributed by atoms with van der Waals surface area (Å²) in [4.78, 5) is 26.1. The molecule has 33 heavy (non-hydrogen) atoms. The average Bonchev–Trinajstić information content (AvgIpc) is 3.56. The van der Waals surface area contributed by atoms with Crippen molar-refractivity contribution < 1.29 is 14.6 Å². The molecular weight excluding hydrogens is 420 g/mol. The second-order valence-corrected chi connectivity index (χ2v) is 8.94. The number of rotatable bonds is 6. The number of aromatic nitrogens is 4. The van der Waals surface area contributed by atoms with Gasteiger partial charge in [-0.1, -0.05) is 31.9 Å². The van der Waals surface area contributed by atoms with Gasteiger partial charge in [-0.25, -0.2) is 15.0 Å². The molecule has 1 aliphatic carbocycles. The molecule has 3 N–H and O–H groups in total. The van der Waals surface area contributed by atoms with Crippen LogP contribution in [0.3, 0.4) is 0 Å². The number of ether oxygens (including phenoxy) is 1. The van der Waals surface area contributed by atoms with Crippen LogP contribution in [0.25, 0.3) is 11.2 Å². The molecule has 1 aliphatic heterocycles. The van der Waals surface area contributed by atoms with E-state index in [2.05, 4.69) is 32.5 Å². The van der Waals surface area contributed by atoms with Crippen molar-refractivity contribution in [1.82, 2.24) is 24.8 Å². The summed E-state index contributed by atoms with van der Waals surface area (Å²) in [5.41, 5.74) is 2.96. The van der Waals surface area contributed by atoms with Crippen molar-refractivity contribution in [3.63, 3.8) is 0 Å². The van der Waals surface area contributed by atoms with Gasteiger partial charge in [0.15, 0.2) is 23.2 Å². The molecule has 2 fully saturated rings. The number of aliphatic hydroxyl groups excluding tert-OH is 1. The first-order valence-corrected chi connectivity index (χ1v) is 11.7. The van der Waals surface area contributed by atoms with Gasteiger partial charge in [-0.05, 0) is 43.9 Å². The van der Waals surface area contributed by atoms with E-state index in [-0.39, 0.29) is 12.0 Å². The molecule has 2 aliphatic rings. The van der Waals surface area contributed by atoms with Gasteiger partial charge in [-0.2, -0.15) is 0 Å². The highest BCUT2D eigenvalue weighted by atomic mass is 16.5. The van der Waals surface area contributed by atoms with Gasteiger partial charge in [-0.3, -0.25) is 9.36 Å². The number of aryl methyl sites for hydroxylation is 1. The van der Waals surface area contributed by atoms with Gasteiger partial charge in [0.25, 0.3) is 5.91 Å². The van der Waals surface area contributed by atoms with Crippen LogP contribution >= 0.6 is 0 Å². The van der Waals surface area contributed by atoms with Crippen LogP contribution in [0.2, 0.25) is 0 Å². The Morgan fingerprint density at radius 2 is 1.94 bits per heavy atom. The number of hydrogen-bond acceptors (Lipinski definition) is 7. The fourth-order valence-corrected chi connectivity index (χ4v) is 4.81. The highest BCUT2D eigenvalue weighted by molar-refractivity contribution is 5.94. The zero-order valence-corrected chi connectivity index (χ0v) is 18.9. The van der Waals surface area contributed by atoms with Gasteiger partial charge in [0, 0.05) is 11.6 Å². The first-order chi connectivity index (χ1) is 16.0. The number of aliphatic hydroxyl groups is 1. The van der Waals surface area contributed by atoms with Crippen LogP contribution in [0.4, 0.5) is 5.82 Å². The van der Waals surface area contributed by atoms with Crippen LogP contribution in [0.5, 0.6) is 0 Å². The van der Waals surface area contributed by atoms with Gasteiger partial charge < -0.3 is 20.5 Å². The Morgan fingerprint density at radius 3 is 2.67 bits per heavy atom. The Morgan fingerprint density at radius 1 is 1.18 bits per heavy atom. The summed E-state index contributed by atoms with van der Waals surface area (Å²) >= 11 is 0. The normalized spacial score (nSPS) is 25.5. The SMILES string of the molecule is CCc1ccc(C(=O)N[C@@H]2[C@@H](O)[C@H](n3cnc4c(NC5CCCC5)ncnc43)O[C@@H]2C)cc1. The second-order valence-electron chi connectivity index (χ2n) is 8.94. The molecule has 2 aromatic heterocycles. The van der Waals surface area contributed by atoms with Crippen molar-refractivity contribution in [2.45, 2.75) is 76.5 Å². The van der Waals surface area contributed by atoms with Crippen molar-refractivity contribution in [2.24, 2.45) is 0 Å². The van der Waals surface area contributed by atoms with E-state index in [0.29, 0.717) is 28.6 Å². The quantitative estimate of drug-likeness (QED) is 0.529. The standard InChI is InChI=1S/C24H30N6O3/c1-3-15-8-10-16(11-9-15)23(32)29-18-14(2)33-24(20(18)31)30-13-27-19-21(25-12-26-22(19)30)28-17-6-4-5-7-17/h8-14,17-18,20,24,31H,3-7H2,1-2H3,(H,29,32)(H,25,26,28)/t14-,18+,20-,24-/m1/s1. The van der Waals surface area contributed by atoms with E-state index < -0.39 is 18.4 Å². The Labute approximate surface area is 192 Å². The molecule has 3 heterocycles. The molecule has 3 aromatic rings. The molecule has 0 unspecified atom stereocenters. The highest BCUT2D eigenvalue weighted by Gasteiger charge is 2.44. The van der Waals surface area contributed by atoms with Crippen LogP contribution in [-0.2, 0) is 11.2 Å². The molecule has 9 heteroatoms. The number of carbonyl (C=O) groups excluding carboxylic acids is 1. The Kier molecular flexibility index (Phi) is 5.99. The lowest BCUT2D eigenvalue weighted by Crippen LogP contribution is -2.46. The molecule has 0 bridgehead atoms. The highest BCUT2D eigenvalue weighted by Crippen LogP contribution is 2.33. The predicted octanol–water partition coefficient (Wildman–Crippen LogP) is 2.82. The molecule has 0 radical (unpaired) electrons. The monoisotopic (exact) mass is 450 g/mol. The third-order valence-electron chi connectivity index (χ3n) is 6.77. The minimum atomic E-state index is -0.961. The van der Waals surface area contributed by atoms with E-state index >= 15 is 0 Å². The minimum absolute atomic E-state index is 0.237. The molecule has 0 spiro atoms. The number of imidazole rings is 1. The van der Waals surface area contributed by atoms with E-state index in [0.717, 1.165) is 19.3 Å². The average molecular weight is 451 g/mol. The molecule has 9 nitrogen and oxygen atoms in total. The zero-order valence-electron chi connectivity index (χ0n) is 18.9. The van der Waals surface area contributed by atoms with Gasteiger partial charge in [0.2, 0.25) is 0 Å². The lowest BCUT2D eigenvalue weighted by Gasteiger charge is -2.20. The second kappa shape index (κ2) is 9.07. The van der Waals surface area contributed by atoms with Crippen LogP contribution in [0.15, 0.2) is 36.9 Å². The summed E-state index contributed by atoms with van der Waals surface area (Å²) in [5.74, 6) is 0.463. The molecule has 1 saturated heterocycles. The summed E-state index contributed by atoms with van der Waals surface area (Å²) in [6.45, 7) is 3.91. The summed E-state index contributed by atoms with van der Waals surface area (Å²) in [6, 6.07) is 7.32. The number of fused-ring (bicyclic) bond motifs is 1. The number of anilines is 1. The lowest BCUT2D eigenvalue weighted by atomic mass is 10.1. The largest absolute Gasteiger partial charge is 0.386 e.